The van der Waals surface area contributed by atoms with Crippen LogP contribution in [0, 0.1) is 12.3 Å². The lowest BCUT2D eigenvalue weighted by molar-refractivity contribution is 0.332. The second kappa shape index (κ2) is 5.57. The fourth-order valence-corrected chi connectivity index (χ4v) is 2.92. The highest BCUT2D eigenvalue weighted by atomic mass is 15.1. The van der Waals surface area contributed by atoms with E-state index in [4.69, 9.17) is 10.7 Å². The van der Waals surface area contributed by atoms with E-state index < -0.39 is 0 Å². The van der Waals surface area contributed by atoms with Gasteiger partial charge in [0.15, 0.2) is 0 Å². The second-order valence-corrected chi connectivity index (χ2v) is 6.90. The van der Waals surface area contributed by atoms with Crippen molar-refractivity contribution in [1.29, 1.82) is 0 Å². The Morgan fingerprint density at radius 3 is 2.55 bits per heavy atom. The molecule has 0 saturated heterocycles. The number of aryl methyl sites for hydroxylation is 2. The first kappa shape index (κ1) is 15.0. The Kier molecular flexibility index (Phi) is 4.19. The zero-order valence-corrected chi connectivity index (χ0v) is 13.4. The zero-order valence-electron chi connectivity index (χ0n) is 13.4. The van der Waals surface area contributed by atoms with Gasteiger partial charge in [0, 0.05) is 19.0 Å². The molecule has 0 fully saturated rings. The maximum Gasteiger partial charge on any atom is 0.114 e. The molecule has 0 aliphatic rings. The molecule has 2 rings (SSSR count). The van der Waals surface area contributed by atoms with Crippen LogP contribution in [-0.4, -0.2) is 16.1 Å². The average Bonchev–Trinajstić information content (AvgIpc) is 2.72. The maximum absolute atomic E-state index is 6.03. The van der Waals surface area contributed by atoms with Crippen LogP contribution in [0.1, 0.15) is 51.4 Å². The molecule has 0 radical (unpaired) electrons. The predicted molar refractivity (Wildman–Crippen MR) is 86.0 cm³/mol. The molecular formula is C17H27N3. The normalized spacial score (nSPS) is 13.9. The first-order valence-electron chi connectivity index (χ1n) is 7.52. The predicted octanol–water partition coefficient (Wildman–Crippen LogP) is 3.84. The molecule has 0 spiro atoms. The number of nitrogens with two attached hydrogens (primary N) is 1. The molecule has 20 heavy (non-hydrogen) atoms. The lowest BCUT2D eigenvalue weighted by atomic mass is 9.84. The standard InChI is InChI=1S/C17H27N3/c1-6-20-15-8-7-12(2)9-14(15)19-16(20)13(11-18)10-17(3,4)5/h7-9,13H,6,10-11,18H2,1-5H3. The Morgan fingerprint density at radius 1 is 1.30 bits per heavy atom. The van der Waals surface area contributed by atoms with Gasteiger partial charge in [-0.3, -0.25) is 0 Å². The smallest absolute Gasteiger partial charge is 0.114 e. The Labute approximate surface area is 122 Å². The van der Waals surface area contributed by atoms with Crippen molar-refractivity contribution in [2.75, 3.05) is 6.54 Å². The van der Waals surface area contributed by atoms with Gasteiger partial charge in [-0.25, -0.2) is 4.98 Å². The molecule has 2 N–H and O–H groups in total. The number of rotatable bonds is 4. The van der Waals surface area contributed by atoms with Crippen LogP contribution >= 0.6 is 0 Å². The highest BCUT2D eigenvalue weighted by molar-refractivity contribution is 5.77. The molecule has 0 saturated carbocycles. The van der Waals surface area contributed by atoms with E-state index in [9.17, 15) is 0 Å². The van der Waals surface area contributed by atoms with Crippen LogP contribution in [0.5, 0.6) is 0 Å². The number of fused-ring (bicyclic) bond motifs is 1. The van der Waals surface area contributed by atoms with Crippen LogP contribution in [0.2, 0.25) is 0 Å². The van der Waals surface area contributed by atoms with Crippen molar-refractivity contribution >= 4 is 11.0 Å². The van der Waals surface area contributed by atoms with Crippen molar-refractivity contribution in [2.45, 2.75) is 53.5 Å². The maximum atomic E-state index is 6.03. The molecule has 1 unspecified atom stereocenters. The van der Waals surface area contributed by atoms with Crippen molar-refractivity contribution in [1.82, 2.24) is 9.55 Å². The van der Waals surface area contributed by atoms with E-state index in [2.05, 4.69) is 57.4 Å². The molecule has 2 aromatic rings. The summed E-state index contributed by atoms with van der Waals surface area (Å²) >= 11 is 0. The molecule has 1 aromatic heterocycles. The molecule has 0 aliphatic carbocycles. The summed E-state index contributed by atoms with van der Waals surface area (Å²) in [6, 6.07) is 6.49. The number of imidazole rings is 1. The van der Waals surface area contributed by atoms with Gasteiger partial charge in [0.25, 0.3) is 0 Å². The molecule has 1 heterocycles. The summed E-state index contributed by atoms with van der Waals surface area (Å²) in [7, 11) is 0. The third kappa shape index (κ3) is 3.04. The third-order valence-electron chi connectivity index (χ3n) is 3.76. The van der Waals surface area contributed by atoms with Crippen molar-refractivity contribution < 1.29 is 0 Å². The van der Waals surface area contributed by atoms with E-state index in [-0.39, 0.29) is 5.41 Å². The number of nitrogens with zero attached hydrogens (tertiary/aromatic N) is 2. The molecule has 1 atom stereocenters. The quantitative estimate of drug-likeness (QED) is 0.919. The number of hydrogen-bond acceptors (Lipinski definition) is 2. The van der Waals surface area contributed by atoms with Crippen LogP contribution in [0.3, 0.4) is 0 Å². The molecule has 1 aromatic carbocycles. The zero-order chi connectivity index (χ0) is 14.9. The van der Waals surface area contributed by atoms with Crippen LogP contribution in [0.15, 0.2) is 18.2 Å². The molecule has 0 amide bonds. The first-order chi connectivity index (χ1) is 9.35. The summed E-state index contributed by atoms with van der Waals surface area (Å²) < 4.78 is 2.32. The monoisotopic (exact) mass is 273 g/mol. The van der Waals surface area contributed by atoms with Gasteiger partial charge >= 0.3 is 0 Å². The highest BCUT2D eigenvalue weighted by Crippen LogP contribution is 2.32. The van der Waals surface area contributed by atoms with Gasteiger partial charge in [0.1, 0.15) is 5.82 Å². The minimum Gasteiger partial charge on any atom is -0.330 e. The van der Waals surface area contributed by atoms with Crippen LogP contribution in [0.4, 0.5) is 0 Å². The number of hydrogen-bond donors (Lipinski definition) is 1. The van der Waals surface area contributed by atoms with Gasteiger partial charge in [0.05, 0.1) is 11.0 Å². The van der Waals surface area contributed by atoms with Gasteiger partial charge in [-0.2, -0.15) is 0 Å². The minimum atomic E-state index is 0.261. The Bertz CT molecular complexity index is 590. The van der Waals surface area contributed by atoms with Crippen LogP contribution < -0.4 is 5.73 Å². The Hall–Kier alpha value is -1.35. The molecule has 3 heteroatoms. The highest BCUT2D eigenvalue weighted by Gasteiger charge is 2.24. The summed E-state index contributed by atoms with van der Waals surface area (Å²) in [6.45, 7) is 12.7. The number of aromatic nitrogens is 2. The fourth-order valence-electron chi connectivity index (χ4n) is 2.92. The SMILES string of the molecule is CCn1c(C(CN)CC(C)(C)C)nc2cc(C)ccc21. The molecular weight excluding hydrogens is 246 g/mol. The van der Waals surface area contributed by atoms with Gasteiger partial charge < -0.3 is 10.3 Å². The van der Waals surface area contributed by atoms with Crippen LogP contribution in [0.25, 0.3) is 11.0 Å². The lowest BCUT2D eigenvalue weighted by Gasteiger charge is -2.25. The summed E-state index contributed by atoms with van der Waals surface area (Å²) in [6.07, 6.45) is 1.06. The topological polar surface area (TPSA) is 43.8 Å². The summed E-state index contributed by atoms with van der Waals surface area (Å²) in [5.74, 6) is 1.47. The summed E-state index contributed by atoms with van der Waals surface area (Å²) in [5.41, 5.74) is 9.86. The minimum absolute atomic E-state index is 0.261. The largest absolute Gasteiger partial charge is 0.330 e. The average molecular weight is 273 g/mol. The van der Waals surface area contributed by atoms with Gasteiger partial charge in [-0.1, -0.05) is 26.8 Å². The van der Waals surface area contributed by atoms with E-state index in [1.54, 1.807) is 0 Å². The van der Waals surface area contributed by atoms with E-state index in [0.29, 0.717) is 12.5 Å². The molecule has 0 bridgehead atoms. The van der Waals surface area contributed by atoms with Crippen molar-refractivity contribution in [3.05, 3.63) is 29.6 Å². The van der Waals surface area contributed by atoms with Crippen molar-refractivity contribution in [3.8, 4) is 0 Å². The van der Waals surface area contributed by atoms with E-state index in [1.807, 2.05) is 0 Å². The van der Waals surface area contributed by atoms with E-state index >= 15 is 0 Å². The van der Waals surface area contributed by atoms with Crippen LogP contribution in [-0.2, 0) is 6.54 Å². The van der Waals surface area contributed by atoms with Gasteiger partial charge in [0.2, 0.25) is 0 Å². The van der Waals surface area contributed by atoms with Crippen molar-refractivity contribution in [3.63, 3.8) is 0 Å². The molecule has 110 valence electrons. The Balaban J connectivity index is 2.51. The fraction of sp³-hybridized carbons (Fsp3) is 0.588. The lowest BCUT2D eigenvalue weighted by Crippen LogP contribution is -2.22. The van der Waals surface area contributed by atoms with Gasteiger partial charge in [-0.05, 0) is 43.4 Å². The van der Waals surface area contributed by atoms with E-state index in [1.165, 1.54) is 11.1 Å². The van der Waals surface area contributed by atoms with Crippen molar-refractivity contribution in [2.24, 2.45) is 11.1 Å². The first-order valence-corrected chi connectivity index (χ1v) is 7.52. The summed E-state index contributed by atoms with van der Waals surface area (Å²) in [4.78, 5) is 4.88. The Morgan fingerprint density at radius 2 is 2.00 bits per heavy atom. The molecule has 3 nitrogen and oxygen atoms in total. The molecule has 0 aliphatic heterocycles. The third-order valence-corrected chi connectivity index (χ3v) is 3.76. The summed E-state index contributed by atoms with van der Waals surface area (Å²) in [5, 5.41) is 0. The second-order valence-electron chi connectivity index (χ2n) is 6.90. The van der Waals surface area contributed by atoms with Gasteiger partial charge in [-0.15, -0.1) is 0 Å². The number of benzene rings is 1. The van der Waals surface area contributed by atoms with E-state index in [0.717, 1.165) is 24.3 Å².